The Balaban J connectivity index is 2.39. The van der Waals surface area contributed by atoms with E-state index in [1.807, 2.05) is 19.0 Å². The Morgan fingerprint density at radius 2 is 2.19 bits per heavy atom. The highest BCUT2D eigenvalue weighted by atomic mass is 79.9. The number of likely N-dealkylation sites (N-methyl/N-ethyl adjacent to an activating group) is 1. The molecule has 21 heavy (non-hydrogen) atoms. The molecule has 0 aliphatic rings. The van der Waals surface area contributed by atoms with Gasteiger partial charge in [0.25, 0.3) is 0 Å². The number of carbonyl (C=O) groups excluding carboxylic acids is 1. The fourth-order valence-electron chi connectivity index (χ4n) is 1.91. The third-order valence-corrected chi connectivity index (χ3v) is 3.61. The molecule has 0 bridgehead atoms. The molecule has 0 radical (unpaired) electrons. The minimum atomic E-state index is -0.497. The van der Waals surface area contributed by atoms with Crippen LogP contribution in [0.4, 0.5) is 10.1 Å². The predicted octanol–water partition coefficient (Wildman–Crippen LogP) is 2.16. The van der Waals surface area contributed by atoms with Gasteiger partial charge in [-0.25, -0.2) is 4.39 Å². The predicted molar refractivity (Wildman–Crippen MR) is 82.7 cm³/mol. The average Bonchev–Trinajstić information content (AvgIpc) is 2.79. The van der Waals surface area contributed by atoms with Gasteiger partial charge in [0.05, 0.1) is 22.8 Å². The van der Waals surface area contributed by atoms with Gasteiger partial charge in [0, 0.05) is 12.2 Å². The van der Waals surface area contributed by atoms with Crippen LogP contribution in [0.1, 0.15) is 16.1 Å². The Morgan fingerprint density at radius 3 is 2.86 bits per heavy atom. The zero-order valence-electron chi connectivity index (χ0n) is 11.8. The maximum Gasteiger partial charge on any atom is 0.214 e. The van der Waals surface area contributed by atoms with Crippen molar-refractivity contribution in [2.24, 2.45) is 0 Å². The van der Waals surface area contributed by atoms with Gasteiger partial charge in [0.2, 0.25) is 5.78 Å². The summed E-state index contributed by atoms with van der Waals surface area (Å²) < 4.78 is 15.5. The van der Waals surface area contributed by atoms with Crippen molar-refractivity contribution in [3.63, 3.8) is 0 Å². The maximum atomic E-state index is 13.4. The number of ketones is 1. The van der Waals surface area contributed by atoms with Crippen LogP contribution in [0.5, 0.6) is 0 Å². The molecule has 0 aliphatic heterocycles. The van der Waals surface area contributed by atoms with E-state index in [0.29, 0.717) is 16.7 Å². The highest BCUT2D eigenvalue weighted by Crippen LogP contribution is 2.23. The first-order chi connectivity index (χ1) is 9.90. The Hall–Kier alpha value is -1.73. The number of nitrogen functional groups attached to an aromatic ring is 1. The van der Waals surface area contributed by atoms with Gasteiger partial charge in [-0.15, -0.1) is 0 Å². The van der Waals surface area contributed by atoms with Crippen molar-refractivity contribution in [2.75, 3.05) is 26.4 Å². The molecule has 7 heteroatoms. The first kappa shape index (κ1) is 15.7. The molecule has 2 rings (SSSR count). The minimum Gasteiger partial charge on any atom is -0.398 e. The number of anilines is 1. The lowest BCUT2D eigenvalue weighted by Gasteiger charge is -2.12. The maximum absolute atomic E-state index is 13.4. The Labute approximate surface area is 130 Å². The molecule has 2 aromatic rings. The summed E-state index contributed by atoms with van der Waals surface area (Å²) in [5.74, 6) is -0.849. The van der Waals surface area contributed by atoms with Crippen molar-refractivity contribution < 1.29 is 9.18 Å². The van der Waals surface area contributed by atoms with Crippen molar-refractivity contribution >= 4 is 27.4 Å². The molecule has 0 unspecified atom stereocenters. The second-order valence-electron chi connectivity index (χ2n) is 4.93. The highest BCUT2D eigenvalue weighted by molar-refractivity contribution is 9.10. The summed E-state index contributed by atoms with van der Waals surface area (Å²) in [6.45, 7) is 1.28. The van der Waals surface area contributed by atoms with E-state index in [0.717, 1.165) is 12.6 Å². The lowest BCUT2D eigenvalue weighted by Crippen LogP contribution is -2.22. The summed E-state index contributed by atoms with van der Waals surface area (Å²) in [5, 5.41) is 4.17. The second kappa shape index (κ2) is 6.36. The van der Waals surface area contributed by atoms with Gasteiger partial charge in [0.1, 0.15) is 11.5 Å². The van der Waals surface area contributed by atoms with Crippen molar-refractivity contribution in [3.8, 4) is 0 Å². The van der Waals surface area contributed by atoms with Crippen LogP contribution in [-0.2, 0) is 6.54 Å². The first-order valence-corrected chi connectivity index (χ1v) is 7.15. The standard InChI is InChI=1S/C14H16BrFN4O/c1-19(2)5-6-20-13(11(15)8-18-20)14(21)10-7-9(16)3-4-12(10)17/h3-4,7-8H,5-6,17H2,1-2H3. The van der Waals surface area contributed by atoms with Gasteiger partial charge in [-0.3, -0.25) is 9.48 Å². The van der Waals surface area contributed by atoms with E-state index in [9.17, 15) is 9.18 Å². The topological polar surface area (TPSA) is 64.2 Å². The molecular weight excluding hydrogens is 339 g/mol. The molecule has 0 amide bonds. The van der Waals surface area contributed by atoms with Crippen LogP contribution < -0.4 is 5.73 Å². The molecule has 5 nitrogen and oxygen atoms in total. The summed E-state index contributed by atoms with van der Waals surface area (Å²) >= 11 is 3.31. The van der Waals surface area contributed by atoms with Crippen LogP contribution in [0.15, 0.2) is 28.9 Å². The van der Waals surface area contributed by atoms with Crippen LogP contribution in [0.3, 0.4) is 0 Å². The largest absolute Gasteiger partial charge is 0.398 e. The van der Waals surface area contributed by atoms with Crippen LogP contribution >= 0.6 is 15.9 Å². The van der Waals surface area contributed by atoms with E-state index >= 15 is 0 Å². The lowest BCUT2D eigenvalue weighted by molar-refractivity contribution is 0.102. The number of aromatic nitrogens is 2. The van der Waals surface area contributed by atoms with E-state index in [4.69, 9.17) is 5.73 Å². The van der Waals surface area contributed by atoms with E-state index < -0.39 is 5.82 Å². The van der Waals surface area contributed by atoms with Crippen LogP contribution in [-0.4, -0.2) is 41.1 Å². The van der Waals surface area contributed by atoms with Crippen molar-refractivity contribution in [2.45, 2.75) is 6.54 Å². The van der Waals surface area contributed by atoms with Gasteiger partial charge in [0.15, 0.2) is 0 Å². The number of hydrogen-bond donors (Lipinski definition) is 1. The number of nitrogens with zero attached hydrogens (tertiary/aromatic N) is 3. The van der Waals surface area contributed by atoms with Crippen molar-refractivity contribution in [3.05, 3.63) is 45.9 Å². The summed E-state index contributed by atoms with van der Waals surface area (Å²) in [4.78, 5) is 14.6. The van der Waals surface area contributed by atoms with Gasteiger partial charge in [-0.05, 0) is 48.2 Å². The van der Waals surface area contributed by atoms with E-state index in [-0.39, 0.29) is 17.0 Å². The minimum absolute atomic E-state index is 0.141. The van der Waals surface area contributed by atoms with Gasteiger partial charge < -0.3 is 10.6 Å². The van der Waals surface area contributed by atoms with Crippen LogP contribution in [0, 0.1) is 5.82 Å². The van der Waals surface area contributed by atoms with Crippen LogP contribution in [0.25, 0.3) is 0 Å². The second-order valence-corrected chi connectivity index (χ2v) is 5.78. The Morgan fingerprint density at radius 1 is 1.48 bits per heavy atom. The highest BCUT2D eigenvalue weighted by Gasteiger charge is 2.21. The fraction of sp³-hybridized carbons (Fsp3) is 0.286. The summed E-state index contributed by atoms with van der Waals surface area (Å²) in [6.07, 6.45) is 1.55. The molecule has 1 aromatic carbocycles. The van der Waals surface area contributed by atoms with E-state index in [2.05, 4.69) is 21.0 Å². The normalized spacial score (nSPS) is 11.1. The molecule has 0 atom stereocenters. The number of halogens is 2. The smallest absolute Gasteiger partial charge is 0.214 e. The number of benzene rings is 1. The molecule has 0 saturated carbocycles. The average molecular weight is 355 g/mol. The summed E-state index contributed by atoms with van der Waals surface area (Å²) in [7, 11) is 3.87. The van der Waals surface area contributed by atoms with Crippen molar-refractivity contribution in [1.29, 1.82) is 0 Å². The monoisotopic (exact) mass is 354 g/mol. The molecule has 0 fully saturated rings. The zero-order chi connectivity index (χ0) is 15.6. The number of carbonyl (C=O) groups is 1. The van der Waals surface area contributed by atoms with E-state index in [1.54, 1.807) is 10.9 Å². The molecule has 0 aliphatic carbocycles. The van der Waals surface area contributed by atoms with Gasteiger partial charge in [-0.2, -0.15) is 5.10 Å². The van der Waals surface area contributed by atoms with Gasteiger partial charge >= 0.3 is 0 Å². The van der Waals surface area contributed by atoms with Crippen molar-refractivity contribution in [1.82, 2.24) is 14.7 Å². The number of hydrogen-bond acceptors (Lipinski definition) is 4. The summed E-state index contributed by atoms with van der Waals surface area (Å²) in [6, 6.07) is 3.76. The molecule has 1 heterocycles. The summed E-state index contributed by atoms with van der Waals surface area (Å²) in [5.41, 5.74) is 6.53. The number of nitrogens with two attached hydrogens (primary N) is 1. The molecular formula is C14H16BrFN4O. The molecule has 0 spiro atoms. The third kappa shape index (κ3) is 3.48. The zero-order valence-corrected chi connectivity index (χ0v) is 13.4. The quantitative estimate of drug-likeness (QED) is 0.660. The van der Waals surface area contributed by atoms with E-state index in [1.165, 1.54) is 12.1 Å². The molecule has 1 aromatic heterocycles. The Kier molecular flexibility index (Phi) is 4.74. The molecule has 2 N–H and O–H groups in total. The third-order valence-electron chi connectivity index (χ3n) is 3.03. The van der Waals surface area contributed by atoms with Crippen LogP contribution in [0.2, 0.25) is 0 Å². The van der Waals surface area contributed by atoms with Gasteiger partial charge in [-0.1, -0.05) is 0 Å². The number of rotatable bonds is 5. The molecule has 0 saturated heterocycles. The molecule has 112 valence electrons. The lowest BCUT2D eigenvalue weighted by atomic mass is 10.1. The first-order valence-electron chi connectivity index (χ1n) is 6.36. The SMILES string of the molecule is CN(C)CCn1ncc(Br)c1C(=O)c1cc(F)ccc1N. The fourth-order valence-corrected chi connectivity index (χ4v) is 2.38. The Bertz CT molecular complexity index is 669.